The Kier molecular flexibility index (Phi) is 8.30. The fraction of sp³-hybridized carbons (Fsp3) is 0.538. The van der Waals surface area contributed by atoms with Gasteiger partial charge in [0, 0.05) is 17.1 Å². The number of aryl methyl sites for hydroxylation is 1. The fourth-order valence-electron chi connectivity index (χ4n) is 4.85. The molecule has 3 N–H and O–H groups in total. The van der Waals surface area contributed by atoms with E-state index in [0.717, 1.165) is 29.1 Å². The molecule has 2 amide bonds. The number of carbonyl (C=O) groups excluding carboxylic acids is 2. The van der Waals surface area contributed by atoms with Crippen molar-refractivity contribution < 1.29 is 9.59 Å². The van der Waals surface area contributed by atoms with E-state index in [1.54, 1.807) is 6.20 Å². The first-order chi connectivity index (χ1) is 16.8. The van der Waals surface area contributed by atoms with Gasteiger partial charge in [0.05, 0.1) is 39.3 Å². The van der Waals surface area contributed by atoms with Gasteiger partial charge in [0.15, 0.2) is 0 Å². The molecule has 0 radical (unpaired) electrons. The zero-order chi connectivity index (χ0) is 24.9. The average molecular weight is 514 g/mol. The van der Waals surface area contributed by atoms with E-state index in [0.29, 0.717) is 35.1 Å². The summed E-state index contributed by atoms with van der Waals surface area (Å²) in [6, 6.07) is 7.26. The van der Waals surface area contributed by atoms with E-state index in [9.17, 15) is 9.59 Å². The molecule has 2 aliphatic carbocycles. The highest BCUT2D eigenvalue weighted by atomic mass is 35.5. The molecule has 2 heterocycles. The Hall–Kier alpha value is -2.63. The van der Waals surface area contributed by atoms with Crippen LogP contribution >= 0.6 is 22.9 Å². The number of nitriles is 1. The molecule has 0 unspecified atom stereocenters. The van der Waals surface area contributed by atoms with Gasteiger partial charge in [-0.3, -0.25) is 14.6 Å². The summed E-state index contributed by atoms with van der Waals surface area (Å²) >= 11 is 7.50. The number of nitrogens with one attached hydrogen (secondary N) is 3. The normalized spacial score (nSPS) is 21.4. The van der Waals surface area contributed by atoms with Crippen molar-refractivity contribution in [3.05, 3.63) is 44.9 Å². The largest absolute Gasteiger partial charge is 0.376 e. The minimum Gasteiger partial charge on any atom is -0.376 e. The Bertz CT molecular complexity index is 1100. The van der Waals surface area contributed by atoms with Gasteiger partial charge in [-0.15, -0.1) is 11.3 Å². The van der Waals surface area contributed by atoms with Crippen LogP contribution in [0.2, 0.25) is 5.02 Å². The summed E-state index contributed by atoms with van der Waals surface area (Å²) in [5, 5.41) is 19.0. The second kappa shape index (κ2) is 11.4. The van der Waals surface area contributed by atoms with Gasteiger partial charge < -0.3 is 16.0 Å². The third-order valence-corrected chi connectivity index (χ3v) is 8.51. The molecular weight excluding hydrogens is 482 g/mol. The second-order valence-corrected chi connectivity index (χ2v) is 11.3. The van der Waals surface area contributed by atoms with Crippen molar-refractivity contribution in [1.29, 1.82) is 5.26 Å². The van der Waals surface area contributed by atoms with Crippen LogP contribution in [0, 0.1) is 30.1 Å². The minimum atomic E-state index is -0.562. The summed E-state index contributed by atoms with van der Waals surface area (Å²) in [4.78, 5) is 32.0. The molecule has 0 aromatic carbocycles. The average Bonchev–Trinajstić information content (AvgIpc) is 3.50. The number of amides is 2. The summed E-state index contributed by atoms with van der Waals surface area (Å²) in [6.45, 7) is 3.94. The van der Waals surface area contributed by atoms with Gasteiger partial charge in [-0.2, -0.15) is 5.26 Å². The zero-order valence-corrected chi connectivity index (χ0v) is 21.7. The van der Waals surface area contributed by atoms with Crippen molar-refractivity contribution >= 4 is 40.4 Å². The summed E-state index contributed by atoms with van der Waals surface area (Å²) in [5.74, 6) is 0.116. The number of pyridine rings is 1. The highest BCUT2D eigenvalue weighted by Crippen LogP contribution is 2.31. The standard InChI is InChI=1S/C26H32ClN5O2S/c1-15-21(12-19(27)14-29-15)30-16(2)23-7-8-24(35-23)26(34)32-22(11-17-5-3-4-6-17)25(33)31-20-9-18(10-20)13-28/h7-8,12,14,16-18,20,22,30H,3-6,9-11H2,1-2H3,(H,31,33)(H,32,34)/t16-,18-,20-,22-/m0/s1. The van der Waals surface area contributed by atoms with E-state index in [2.05, 4.69) is 27.0 Å². The molecule has 2 aromatic heterocycles. The topological polar surface area (TPSA) is 107 Å². The van der Waals surface area contributed by atoms with E-state index in [-0.39, 0.29) is 29.8 Å². The third kappa shape index (κ3) is 6.53. The predicted octanol–water partition coefficient (Wildman–Crippen LogP) is 5.38. The van der Waals surface area contributed by atoms with E-state index in [1.165, 1.54) is 24.2 Å². The van der Waals surface area contributed by atoms with Crippen molar-refractivity contribution in [2.24, 2.45) is 11.8 Å². The minimum absolute atomic E-state index is 0.0230. The number of anilines is 1. The molecule has 2 aliphatic rings. The summed E-state index contributed by atoms with van der Waals surface area (Å²) < 4.78 is 0. The monoisotopic (exact) mass is 513 g/mol. The maximum atomic E-state index is 13.1. The van der Waals surface area contributed by atoms with Crippen LogP contribution in [0.15, 0.2) is 24.4 Å². The van der Waals surface area contributed by atoms with Crippen LogP contribution in [0.5, 0.6) is 0 Å². The summed E-state index contributed by atoms with van der Waals surface area (Å²) in [5.41, 5.74) is 1.71. The number of thiophene rings is 1. The van der Waals surface area contributed by atoms with Crippen molar-refractivity contribution in [3.8, 4) is 6.07 Å². The molecule has 186 valence electrons. The Morgan fingerprint density at radius 2 is 2.03 bits per heavy atom. The Morgan fingerprint density at radius 1 is 1.29 bits per heavy atom. The maximum Gasteiger partial charge on any atom is 0.262 e. The van der Waals surface area contributed by atoms with Crippen LogP contribution in [0.25, 0.3) is 0 Å². The van der Waals surface area contributed by atoms with Crippen LogP contribution in [-0.4, -0.2) is 28.9 Å². The molecule has 35 heavy (non-hydrogen) atoms. The third-order valence-electron chi connectivity index (χ3n) is 7.04. The number of halogens is 1. The molecule has 7 nitrogen and oxygen atoms in total. The van der Waals surface area contributed by atoms with Crippen molar-refractivity contribution in [3.63, 3.8) is 0 Å². The van der Waals surface area contributed by atoms with Crippen molar-refractivity contribution in [2.75, 3.05) is 5.32 Å². The lowest BCUT2D eigenvalue weighted by Gasteiger charge is -2.33. The lowest BCUT2D eigenvalue weighted by atomic mass is 9.81. The quantitative estimate of drug-likeness (QED) is 0.417. The van der Waals surface area contributed by atoms with Gasteiger partial charge in [0.25, 0.3) is 5.91 Å². The van der Waals surface area contributed by atoms with Gasteiger partial charge >= 0.3 is 0 Å². The van der Waals surface area contributed by atoms with Crippen LogP contribution in [0.1, 0.15) is 78.2 Å². The molecule has 0 spiro atoms. The second-order valence-electron chi connectivity index (χ2n) is 9.77. The molecule has 2 fully saturated rings. The number of hydrogen-bond acceptors (Lipinski definition) is 6. The van der Waals surface area contributed by atoms with Gasteiger partial charge in [-0.05, 0) is 57.2 Å². The number of rotatable bonds is 9. The fourth-order valence-corrected chi connectivity index (χ4v) is 5.92. The summed E-state index contributed by atoms with van der Waals surface area (Å²) in [6.07, 6.45) is 8.21. The predicted molar refractivity (Wildman–Crippen MR) is 138 cm³/mol. The Morgan fingerprint density at radius 3 is 2.74 bits per heavy atom. The first kappa shape index (κ1) is 25.5. The molecule has 0 bridgehead atoms. The Labute approximate surface area is 215 Å². The molecule has 0 aliphatic heterocycles. The first-order valence-corrected chi connectivity index (χ1v) is 13.5. The number of nitrogens with zero attached hydrogens (tertiary/aromatic N) is 2. The van der Waals surface area contributed by atoms with E-state index in [1.807, 2.05) is 32.0 Å². The SMILES string of the molecule is Cc1ncc(Cl)cc1N[C@@H](C)c1ccc(C(=O)N[C@@H](CC2CCCC2)C(=O)N[C@H]2C[C@H](C#N)C2)s1. The van der Waals surface area contributed by atoms with Gasteiger partial charge in [-0.25, -0.2) is 0 Å². The molecule has 4 rings (SSSR count). The highest BCUT2D eigenvalue weighted by Gasteiger charge is 2.34. The van der Waals surface area contributed by atoms with E-state index >= 15 is 0 Å². The van der Waals surface area contributed by atoms with Gasteiger partial charge in [-0.1, -0.05) is 37.3 Å². The van der Waals surface area contributed by atoms with Crippen molar-refractivity contribution in [2.45, 2.75) is 76.9 Å². The number of carbonyl (C=O) groups is 2. The number of aromatic nitrogens is 1. The maximum absolute atomic E-state index is 13.1. The van der Waals surface area contributed by atoms with E-state index in [4.69, 9.17) is 16.9 Å². The highest BCUT2D eigenvalue weighted by molar-refractivity contribution is 7.14. The van der Waals surface area contributed by atoms with Crippen LogP contribution < -0.4 is 16.0 Å². The smallest absolute Gasteiger partial charge is 0.262 e. The molecular formula is C26H32ClN5O2S. The van der Waals surface area contributed by atoms with Crippen molar-refractivity contribution in [1.82, 2.24) is 15.6 Å². The molecule has 0 saturated heterocycles. The molecule has 9 heteroatoms. The lowest BCUT2D eigenvalue weighted by molar-refractivity contribution is -0.124. The number of hydrogen-bond donors (Lipinski definition) is 3. The first-order valence-electron chi connectivity index (χ1n) is 12.3. The summed E-state index contributed by atoms with van der Waals surface area (Å²) in [7, 11) is 0. The molecule has 2 aromatic rings. The van der Waals surface area contributed by atoms with E-state index < -0.39 is 6.04 Å². The van der Waals surface area contributed by atoms with Gasteiger partial charge in [0.1, 0.15) is 6.04 Å². The van der Waals surface area contributed by atoms with Gasteiger partial charge in [0.2, 0.25) is 5.91 Å². The van der Waals surface area contributed by atoms with Crippen LogP contribution in [-0.2, 0) is 4.79 Å². The van der Waals surface area contributed by atoms with Crippen LogP contribution in [0.4, 0.5) is 5.69 Å². The molecule has 2 atom stereocenters. The molecule has 2 saturated carbocycles. The zero-order valence-electron chi connectivity index (χ0n) is 20.1. The van der Waals surface area contributed by atoms with Crippen LogP contribution in [0.3, 0.4) is 0 Å². The lowest BCUT2D eigenvalue weighted by Crippen LogP contribution is -2.53. The Balaban J connectivity index is 1.39.